The number of thioether (sulfide) groups is 1. The number of anilines is 1. The highest BCUT2D eigenvalue weighted by Gasteiger charge is 2.40. The lowest BCUT2D eigenvalue weighted by Crippen LogP contribution is -2.32. The van der Waals surface area contributed by atoms with Gasteiger partial charge in [0.05, 0.1) is 10.2 Å². The van der Waals surface area contributed by atoms with Gasteiger partial charge in [0.15, 0.2) is 15.2 Å². The summed E-state index contributed by atoms with van der Waals surface area (Å²) < 4.78 is 1.62. The zero-order valence-electron chi connectivity index (χ0n) is 21.0. The summed E-state index contributed by atoms with van der Waals surface area (Å²) >= 11 is 3.69. The molecule has 0 fully saturated rings. The quantitative estimate of drug-likeness (QED) is 0.0878. The molecule has 0 saturated carbocycles. The number of carbonyl (C=O) groups is 1. The summed E-state index contributed by atoms with van der Waals surface area (Å²) in [6.45, 7) is 0. The van der Waals surface area contributed by atoms with E-state index in [0.717, 1.165) is 38.7 Å². The Balaban J connectivity index is 1.48. The molecule has 2 aromatic heterocycles. The lowest BCUT2D eigenvalue weighted by atomic mass is 9.80. The van der Waals surface area contributed by atoms with E-state index in [-0.39, 0.29) is 10.8 Å². The third-order valence-corrected chi connectivity index (χ3v) is 8.88. The molecular weight excluding hydrogens is 557 g/mol. The van der Waals surface area contributed by atoms with E-state index in [1.165, 1.54) is 22.7 Å². The monoisotopic (exact) mass is 578 g/mol. The highest BCUT2D eigenvalue weighted by molar-refractivity contribution is 8.16. The van der Waals surface area contributed by atoms with Gasteiger partial charge < -0.3 is 10.6 Å². The van der Waals surface area contributed by atoms with Crippen LogP contribution in [0.25, 0.3) is 10.2 Å². The fourth-order valence-electron chi connectivity index (χ4n) is 4.40. The van der Waals surface area contributed by atoms with Gasteiger partial charge in [-0.25, -0.2) is 9.97 Å². The molecule has 0 aliphatic carbocycles. The van der Waals surface area contributed by atoms with E-state index >= 15 is 0 Å². The Bertz CT molecular complexity index is 1660. The smallest absolute Gasteiger partial charge is 0.250 e. The number of thiazole rings is 2. The Morgan fingerprint density at radius 1 is 0.775 bits per heavy atom. The molecule has 0 bridgehead atoms. The van der Waals surface area contributed by atoms with Crippen LogP contribution in [0.1, 0.15) is 22.4 Å². The Kier molecular flexibility index (Phi) is 7.41. The van der Waals surface area contributed by atoms with Crippen LogP contribution in [0.3, 0.4) is 0 Å². The van der Waals surface area contributed by atoms with E-state index in [0.29, 0.717) is 15.2 Å². The topological polar surface area (TPSA) is 90.5 Å². The van der Waals surface area contributed by atoms with E-state index < -0.39 is 5.60 Å². The molecule has 0 unspecified atom stereocenters. The van der Waals surface area contributed by atoms with Crippen molar-refractivity contribution in [2.75, 3.05) is 5.73 Å². The molecule has 2 heterocycles. The molecule has 0 aliphatic rings. The van der Waals surface area contributed by atoms with E-state index in [9.17, 15) is 4.79 Å². The summed E-state index contributed by atoms with van der Waals surface area (Å²) in [5, 5.41) is 6.28. The predicted molar refractivity (Wildman–Crippen MR) is 164 cm³/mol. The highest BCUT2D eigenvalue weighted by atomic mass is 32.2. The van der Waals surface area contributed by atoms with Gasteiger partial charge in [-0.05, 0) is 23.9 Å². The van der Waals surface area contributed by atoms with Crippen LogP contribution in [-0.4, -0.2) is 20.8 Å². The third-order valence-electron chi connectivity index (χ3n) is 6.23. The summed E-state index contributed by atoms with van der Waals surface area (Å²) in [6, 6.07) is 37.3. The van der Waals surface area contributed by atoms with Crippen molar-refractivity contribution in [3.63, 3.8) is 0 Å². The van der Waals surface area contributed by atoms with Crippen molar-refractivity contribution in [1.29, 1.82) is 0 Å². The molecule has 0 spiro atoms. The summed E-state index contributed by atoms with van der Waals surface area (Å²) in [5.41, 5.74) is 8.65. The number of nitrogen functional groups attached to an aromatic ring is 1. The number of nitrogens with zero attached hydrogens (tertiary/aromatic N) is 3. The van der Waals surface area contributed by atoms with Crippen molar-refractivity contribution >= 4 is 60.6 Å². The van der Waals surface area contributed by atoms with Gasteiger partial charge in [-0.1, -0.05) is 108 Å². The second-order valence-electron chi connectivity index (χ2n) is 8.72. The highest BCUT2D eigenvalue weighted by Crippen LogP contribution is 2.41. The first-order chi connectivity index (χ1) is 19.6. The predicted octanol–water partition coefficient (Wildman–Crippen LogP) is 7.37. The van der Waals surface area contributed by atoms with Gasteiger partial charge >= 0.3 is 0 Å². The Morgan fingerprint density at radius 3 is 1.85 bits per heavy atom. The van der Waals surface area contributed by atoms with Crippen molar-refractivity contribution in [3.05, 3.63) is 143 Å². The summed E-state index contributed by atoms with van der Waals surface area (Å²) in [5.74, 6) is 0. The fraction of sp³-hybridized carbons (Fsp3) is 0.0323. The van der Waals surface area contributed by atoms with Crippen molar-refractivity contribution < 1.29 is 9.63 Å². The van der Waals surface area contributed by atoms with Crippen LogP contribution in [0.4, 0.5) is 5.13 Å². The number of carbonyl (C=O) groups excluding carboxylic acids is 1. The standard InChI is InChI=1S/C31H22N4O2S3/c32-29-33-25(20-38-29)27(28(36)40-30-34-24-18-10-11-19-26(24)39-30)35-37-31(21-12-4-1-5-13-21,22-14-6-2-7-15-22)23-16-8-3-9-17-23/h1-20H,(H2,32,33)/b35-27-. The maximum Gasteiger partial charge on any atom is 0.250 e. The van der Waals surface area contributed by atoms with Crippen LogP contribution >= 0.6 is 34.4 Å². The normalized spacial score (nSPS) is 11.9. The molecule has 0 amide bonds. The number of nitrogens with two attached hydrogens (primary N) is 1. The van der Waals surface area contributed by atoms with Gasteiger partial charge in [0.25, 0.3) is 0 Å². The average molecular weight is 579 g/mol. The number of aromatic nitrogens is 2. The van der Waals surface area contributed by atoms with Crippen LogP contribution in [0, 0.1) is 0 Å². The molecule has 6 aromatic rings. The molecule has 4 aromatic carbocycles. The van der Waals surface area contributed by atoms with Crippen LogP contribution in [-0.2, 0) is 15.2 Å². The molecule has 0 radical (unpaired) electrons. The maximum atomic E-state index is 13.8. The van der Waals surface area contributed by atoms with Gasteiger partial charge in [-0.3, -0.25) is 4.79 Å². The van der Waals surface area contributed by atoms with Crippen molar-refractivity contribution in [3.8, 4) is 0 Å². The minimum atomic E-state index is -1.14. The molecule has 2 N–H and O–H groups in total. The first-order valence-electron chi connectivity index (χ1n) is 12.4. The zero-order chi connectivity index (χ0) is 27.4. The van der Waals surface area contributed by atoms with Gasteiger partial charge in [-0.15, -0.1) is 22.7 Å². The Morgan fingerprint density at radius 2 is 1.32 bits per heavy atom. The van der Waals surface area contributed by atoms with Crippen LogP contribution in [0.5, 0.6) is 0 Å². The van der Waals surface area contributed by atoms with E-state index in [2.05, 4.69) is 15.1 Å². The molecule has 40 heavy (non-hydrogen) atoms. The minimum Gasteiger partial charge on any atom is -0.375 e. The van der Waals surface area contributed by atoms with E-state index in [4.69, 9.17) is 10.6 Å². The van der Waals surface area contributed by atoms with E-state index in [1.54, 1.807) is 5.38 Å². The summed E-state index contributed by atoms with van der Waals surface area (Å²) in [6.07, 6.45) is 0. The third kappa shape index (κ3) is 5.14. The molecule has 0 atom stereocenters. The molecule has 0 aliphatic heterocycles. The van der Waals surface area contributed by atoms with Crippen LogP contribution in [0.15, 0.2) is 130 Å². The number of para-hydroxylation sites is 1. The molecular formula is C31H22N4O2S3. The van der Waals surface area contributed by atoms with Crippen LogP contribution in [0.2, 0.25) is 0 Å². The first kappa shape index (κ1) is 25.9. The summed E-state index contributed by atoms with van der Waals surface area (Å²) in [7, 11) is 0. The minimum absolute atomic E-state index is 0.0596. The fourth-order valence-corrected chi connectivity index (χ4v) is 6.85. The van der Waals surface area contributed by atoms with Crippen molar-refractivity contribution in [1.82, 2.24) is 9.97 Å². The number of rotatable bonds is 8. The second kappa shape index (κ2) is 11.4. The van der Waals surface area contributed by atoms with Gasteiger partial charge in [0.2, 0.25) is 10.7 Å². The van der Waals surface area contributed by atoms with Crippen molar-refractivity contribution in [2.45, 2.75) is 9.94 Å². The van der Waals surface area contributed by atoms with Gasteiger partial charge in [0, 0.05) is 22.1 Å². The average Bonchev–Trinajstić information content (AvgIpc) is 3.62. The van der Waals surface area contributed by atoms with Crippen LogP contribution < -0.4 is 5.73 Å². The van der Waals surface area contributed by atoms with Gasteiger partial charge in [0.1, 0.15) is 5.69 Å². The maximum absolute atomic E-state index is 13.8. The number of benzene rings is 4. The summed E-state index contributed by atoms with van der Waals surface area (Å²) in [4.78, 5) is 29.3. The number of hydrogen-bond donors (Lipinski definition) is 1. The van der Waals surface area contributed by atoms with Crippen molar-refractivity contribution in [2.24, 2.45) is 5.16 Å². The first-order valence-corrected chi connectivity index (χ1v) is 14.9. The number of fused-ring (bicyclic) bond motifs is 1. The number of hydrogen-bond acceptors (Lipinski definition) is 9. The molecule has 6 rings (SSSR count). The lowest BCUT2D eigenvalue weighted by molar-refractivity contribution is -0.105. The molecule has 0 saturated heterocycles. The lowest BCUT2D eigenvalue weighted by Gasteiger charge is -2.33. The zero-order valence-corrected chi connectivity index (χ0v) is 23.5. The largest absolute Gasteiger partial charge is 0.375 e. The second-order valence-corrected chi connectivity index (χ2v) is 11.9. The van der Waals surface area contributed by atoms with Gasteiger partial charge in [-0.2, -0.15) is 0 Å². The molecule has 6 nitrogen and oxygen atoms in total. The number of oxime groups is 1. The molecule has 9 heteroatoms. The Labute approximate surface area is 243 Å². The van der Waals surface area contributed by atoms with E-state index in [1.807, 2.05) is 115 Å². The SMILES string of the molecule is Nc1nc(/C(=N/OC(c2ccccc2)(c2ccccc2)c2ccccc2)C(=O)Sc2nc3ccccc3s2)cs1. The molecule has 196 valence electrons. The Hall–Kier alpha value is -4.31.